The van der Waals surface area contributed by atoms with Gasteiger partial charge in [0.25, 0.3) is 0 Å². The zero-order valence-electron chi connectivity index (χ0n) is 22.6. The first kappa shape index (κ1) is 27.8. The maximum atomic E-state index is 13.5. The Labute approximate surface area is 223 Å². The molecule has 1 fully saturated rings. The van der Waals surface area contributed by atoms with E-state index in [0.717, 1.165) is 44.3 Å². The van der Waals surface area contributed by atoms with E-state index in [4.69, 9.17) is 18.6 Å². The molecule has 0 radical (unpaired) electrons. The molecule has 1 unspecified atom stereocenters. The van der Waals surface area contributed by atoms with Crippen molar-refractivity contribution in [3.05, 3.63) is 36.0 Å². The van der Waals surface area contributed by atoms with Crippen LogP contribution in [-0.4, -0.2) is 77.9 Å². The van der Waals surface area contributed by atoms with Gasteiger partial charge in [-0.15, -0.1) is 0 Å². The number of methoxy groups -OCH3 is 1. The summed E-state index contributed by atoms with van der Waals surface area (Å²) < 4.78 is 22.1. The number of aromatic nitrogens is 1. The maximum Gasteiger partial charge on any atom is 0.308 e. The van der Waals surface area contributed by atoms with E-state index >= 15 is 0 Å². The lowest BCUT2D eigenvalue weighted by atomic mass is 9.83. The number of carbonyl (C=O) groups excluding carboxylic acids is 1. The van der Waals surface area contributed by atoms with Crippen LogP contribution in [0.3, 0.4) is 0 Å². The third-order valence-electron chi connectivity index (χ3n) is 7.53. The molecule has 1 saturated heterocycles. The number of oxazole rings is 1. The van der Waals surface area contributed by atoms with Crippen LogP contribution in [0.15, 0.2) is 29.0 Å². The summed E-state index contributed by atoms with van der Waals surface area (Å²) in [6.45, 7) is 6.35. The third kappa shape index (κ3) is 6.23. The Bertz CT molecular complexity index is 1070. The van der Waals surface area contributed by atoms with Crippen LogP contribution in [0.1, 0.15) is 63.3 Å². The summed E-state index contributed by atoms with van der Waals surface area (Å²) in [5.41, 5.74) is 0.795. The lowest BCUT2D eigenvalue weighted by Gasteiger charge is -2.29. The number of aliphatic carboxylic acids is 1. The molecule has 2 aliphatic heterocycles. The average molecular weight is 530 g/mol. The van der Waals surface area contributed by atoms with Crippen molar-refractivity contribution in [1.82, 2.24) is 14.8 Å². The van der Waals surface area contributed by atoms with Crippen LogP contribution >= 0.6 is 0 Å². The molecule has 2 aromatic rings. The molecule has 0 spiro atoms. The Balaban J connectivity index is 1.62. The molecule has 10 nitrogen and oxygen atoms in total. The summed E-state index contributed by atoms with van der Waals surface area (Å²) in [6.07, 6.45) is 8.00. The standard InChI is InChI=1S/C28H39N3O7/c1-4-6-11-30(12-7-5-2)25(32)17-31-16-20(19-14-22(35-3)27-23(15-19)37-18-38-27)26(28(33)34)21(31)8-9-24-29-10-13-36-24/h10,13-15,20-21,26H,4-9,11-12,16-18H2,1-3H3,(H,33,34)/t20-,21+,26?/m1/s1. The molecule has 10 heteroatoms. The van der Waals surface area contributed by atoms with Crippen molar-refractivity contribution in [3.63, 3.8) is 0 Å². The predicted molar refractivity (Wildman–Crippen MR) is 140 cm³/mol. The highest BCUT2D eigenvalue weighted by atomic mass is 16.7. The number of hydrogen-bond acceptors (Lipinski definition) is 8. The number of benzene rings is 1. The number of aryl methyl sites for hydroxylation is 1. The number of rotatable bonds is 14. The van der Waals surface area contributed by atoms with Crippen molar-refractivity contribution in [2.75, 3.05) is 40.1 Å². The number of ether oxygens (including phenoxy) is 3. The molecule has 3 heterocycles. The molecule has 0 saturated carbocycles. The van der Waals surface area contributed by atoms with E-state index in [1.807, 2.05) is 21.9 Å². The highest BCUT2D eigenvalue weighted by Crippen LogP contribution is 2.47. The summed E-state index contributed by atoms with van der Waals surface area (Å²) in [5, 5.41) is 10.4. The van der Waals surface area contributed by atoms with E-state index in [1.54, 1.807) is 13.3 Å². The molecule has 4 rings (SSSR count). The van der Waals surface area contributed by atoms with Gasteiger partial charge in [-0.25, -0.2) is 4.98 Å². The predicted octanol–water partition coefficient (Wildman–Crippen LogP) is 3.94. The van der Waals surface area contributed by atoms with E-state index in [-0.39, 0.29) is 31.2 Å². The first-order chi connectivity index (χ1) is 18.5. The molecular weight excluding hydrogens is 490 g/mol. The molecule has 0 bridgehead atoms. The lowest BCUT2D eigenvalue weighted by Crippen LogP contribution is -2.44. The Morgan fingerprint density at radius 3 is 2.58 bits per heavy atom. The number of likely N-dealkylation sites (tertiary alicyclic amines) is 1. The molecule has 0 aliphatic carbocycles. The van der Waals surface area contributed by atoms with Crippen molar-refractivity contribution in [1.29, 1.82) is 0 Å². The minimum absolute atomic E-state index is 0.0427. The molecule has 3 atom stereocenters. The van der Waals surface area contributed by atoms with Crippen molar-refractivity contribution in [2.24, 2.45) is 5.92 Å². The fraction of sp³-hybridized carbons (Fsp3) is 0.607. The number of carboxylic acid groups (broad SMARTS) is 1. The molecule has 1 aromatic carbocycles. The summed E-state index contributed by atoms with van der Waals surface area (Å²) in [7, 11) is 1.55. The van der Waals surface area contributed by atoms with Gasteiger partial charge in [-0.2, -0.15) is 0 Å². The topological polar surface area (TPSA) is 115 Å². The molecule has 1 aromatic heterocycles. The average Bonchev–Trinajstić information content (AvgIpc) is 3.67. The van der Waals surface area contributed by atoms with Gasteiger partial charge in [0.1, 0.15) is 6.26 Å². The van der Waals surface area contributed by atoms with Gasteiger partial charge in [0.2, 0.25) is 18.4 Å². The maximum absolute atomic E-state index is 13.5. The van der Waals surface area contributed by atoms with Gasteiger partial charge >= 0.3 is 5.97 Å². The molecule has 38 heavy (non-hydrogen) atoms. The first-order valence-electron chi connectivity index (χ1n) is 13.6. The zero-order chi connectivity index (χ0) is 27.1. The number of nitrogens with zero attached hydrogens (tertiary/aromatic N) is 3. The van der Waals surface area contributed by atoms with Crippen LogP contribution < -0.4 is 14.2 Å². The van der Waals surface area contributed by atoms with E-state index in [2.05, 4.69) is 18.8 Å². The number of unbranched alkanes of at least 4 members (excludes halogenated alkanes) is 2. The van der Waals surface area contributed by atoms with E-state index in [9.17, 15) is 14.7 Å². The molecule has 1 amide bonds. The largest absolute Gasteiger partial charge is 0.493 e. The monoisotopic (exact) mass is 529 g/mol. The summed E-state index contributed by atoms with van der Waals surface area (Å²) in [5.74, 6) is 0.182. The minimum Gasteiger partial charge on any atom is -0.493 e. The number of carboxylic acids is 1. The van der Waals surface area contributed by atoms with Crippen LogP contribution in [-0.2, 0) is 16.0 Å². The highest BCUT2D eigenvalue weighted by molar-refractivity contribution is 5.79. The second kappa shape index (κ2) is 13.0. The zero-order valence-corrected chi connectivity index (χ0v) is 22.6. The fourth-order valence-corrected chi connectivity index (χ4v) is 5.53. The van der Waals surface area contributed by atoms with Gasteiger partial charge in [0.15, 0.2) is 17.4 Å². The smallest absolute Gasteiger partial charge is 0.308 e. The van der Waals surface area contributed by atoms with Gasteiger partial charge in [0, 0.05) is 38.0 Å². The van der Waals surface area contributed by atoms with Gasteiger partial charge in [0.05, 0.1) is 25.8 Å². The van der Waals surface area contributed by atoms with Crippen molar-refractivity contribution in [2.45, 2.75) is 64.3 Å². The van der Waals surface area contributed by atoms with Gasteiger partial charge in [-0.1, -0.05) is 26.7 Å². The number of hydrogen-bond donors (Lipinski definition) is 1. The normalized spacial score (nSPS) is 20.6. The van der Waals surface area contributed by atoms with Crippen molar-refractivity contribution in [3.8, 4) is 17.2 Å². The quantitative estimate of drug-likeness (QED) is 0.389. The summed E-state index contributed by atoms with van der Waals surface area (Å²) in [6, 6.07) is 3.31. The number of carbonyl (C=O) groups is 2. The highest BCUT2D eigenvalue weighted by Gasteiger charge is 2.47. The van der Waals surface area contributed by atoms with Crippen LogP contribution in [0.25, 0.3) is 0 Å². The molecule has 1 N–H and O–H groups in total. The number of fused-ring (bicyclic) bond motifs is 1. The van der Waals surface area contributed by atoms with E-state index in [1.165, 1.54) is 6.26 Å². The SMILES string of the molecule is CCCCN(CCCC)C(=O)CN1C[C@H](c2cc(OC)c3c(c2)OCO3)C(C(=O)O)[C@@H]1CCc1ncco1. The van der Waals surface area contributed by atoms with Crippen molar-refractivity contribution < 1.29 is 33.3 Å². The Hall–Kier alpha value is -3.27. The van der Waals surface area contributed by atoms with Gasteiger partial charge in [-0.05, 0) is 37.0 Å². The molecule has 2 aliphatic rings. The van der Waals surface area contributed by atoms with Crippen molar-refractivity contribution >= 4 is 11.9 Å². The minimum atomic E-state index is -0.896. The van der Waals surface area contributed by atoms with E-state index < -0.39 is 11.9 Å². The Kier molecular flexibility index (Phi) is 9.49. The third-order valence-corrected chi connectivity index (χ3v) is 7.53. The summed E-state index contributed by atoms with van der Waals surface area (Å²) >= 11 is 0. The second-order valence-corrected chi connectivity index (χ2v) is 9.98. The molecular formula is C28H39N3O7. The van der Waals surface area contributed by atoms with E-state index in [0.29, 0.717) is 42.5 Å². The van der Waals surface area contributed by atoms with Gasteiger partial charge in [-0.3, -0.25) is 14.5 Å². The Morgan fingerprint density at radius 2 is 1.95 bits per heavy atom. The second-order valence-electron chi connectivity index (χ2n) is 9.98. The lowest BCUT2D eigenvalue weighted by molar-refractivity contribution is -0.143. The Morgan fingerprint density at radius 1 is 1.18 bits per heavy atom. The summed E-state index contributed by atoms with van der Waals surface area (Å²) in [4.78, 5) is 34.4. The van der Waals surface area contributed by atoms with Crippen LogP contribution in [0.5, 0.6) is 17.2 Å². The first-order valence-corrected chi connectivity index (χ1v) is 13.6. The molecule has 208 valence electrons. The van der Waals surface area contributed by atoms with Crippen LogP contribution in [0, 0.1) is 5.92 Å². The number of amides is 1. The fourth-order valence-electron chi connectivity index (χ4n) is 5.53. The van der Waals surface area contributed by atoms with Gasteiger partial charge < -0.3 is 28.6 Å². The van der Waals surface area contributed by atoms with Crippen LogP contribution in [0.2, 0.25) is 0 Å². The van der Waals surface area contributed by atoms with Crippen LogP contribution in [0.4, 0.5) is 0 Å².